The van der Waals surface area contributed by atoms with Crippen molar-refractivity contribution in [1.29, 1.82) is 0 Å². The predicted molar refractivity (Wildman–Crippen MR) is 74.7 cm³/mol. The molecule has 1 N–H and O–H groups in total. The Morgan fingerprint density at radius 1 is 1.10 bits per heavy atom. The lowest BCUT2D eigenvalue weighted by Gasteiger charge is -2.40. The summed E-state index contributed by atoms with van der Waals surface area (Å²) in [6, 6.07) is 9.63. The lowest BCUT2D eigenvalue weighted by molar-refractivity contribution is -0.219. The van der Waals surface area contributed by atoms with Gasteiger partial charge in [-0.15, -0.1) is 0 Å². The smallest absolute Gasteiger partial charge is 0.335 e. The Kier molecular flexibility index (Phi) is 3.97. The van der Waals surface area contributed by atoms with Gasteiger partial charge in [0.1, 0.15) is 0 Å². The van der Waals surface area contributed by atoms with Gasteiger partial charge in [-0.05, 0) is 18.4 Å². The molecule has 1 aliphatic heterocycles. The van der Waals surface area contributed by atoms with Gasteiger partial charge >= 0.3 is 5.97 Å². The van der Waals surface area contributed by atoms with Crippen LogP contribution in [-0.4, -0.2) is 35.7 Å². The average Bonchev–Trinajstić information content (AvgIpc) is 2.96. The molecule has 114 valence electrons. The maximum atomic E-state index is 11.7. The third-order valence-corrected chi connectivity index (χ3v) is 4.38. The normalized spacial score (nSPS) is 23.2. The SMILES string of the molecule is O=C(O)C1(OCc2ccccc2)CCC2(CC1)OCCO2. The van der Waals surface area contributed by atoms with E-state index in [0.29, 0.717) is 45.5 Å². The van der Waals surface area contributed by atoms with Crippen LogP contribution in [0.2, 0.25) is 0 Å². The molecule has 1 spiro atoms. The fraction of sp³-hybridized carbons (Fsp3) is 0.562. The number of aliphatic carboxylic acids is 1. The molecule has 0 bridgehead atoms. The summed E-state index contributed by atoms with van der Waals surface area (Å²) in [5, 5.41) is 9.59. The Balaban J connectivity index is 1.66. The van der Waals surface area contributed by atoms with E-state index in [-0.39, 0.29) is 0 Å². The van der Waals surface area contributed by atoms with Crippen molar-refractivity contribution < 1.29 is 24.1 Å². The number of ether oxygens (including phenoxy) is 3. The molecular weight excluding hydrogens is 272 g/mol. The summed E-state index contributed by atoms with van der Waals surface area (Å²) < 4.78 is 17.1. The molecule has 1 aromatic rings. The number of carboxylic acids is 1. The van der Waals surface area contributed by atoms with E-state index >= 15 is 0 Å². The maximum Gasteiger partial charge on any atom is 0.335 e. The van der Waals surface area contributed by atoms with Gasteiger partial charge in [0, 0.05) is 12.8 Å². The van der Waals surface area contributed by atoms with E-state index < -0.39 is 17.4 Å². The Bertz CT molecular complexity index is 483. The van der Waals surface area contributed by atoms with Crippen LogP contribution in [0.4, 0.5) is 0 Å². The zero-order chi connectivity index (χ0) is 14.8. The number of hydrogen-bond donors (Lipinski definition) is 1. The third kappa shape index (κ3) is 2.95. The summed E-state index contributed by atoms with van der Waals surface area (Å²) in [4.78, 5) is 11.7. The van der Waals surface area contributed by atoms with Gasteiger partial charge in [0.2, 0.25) is 0 Å². The van der Waals surface area contributed by atoms with E-state index in [2.05, 4.69) is 0 Å². The molecule has 5 heteroatoms. The zero-order valence-corrected chi connectivity index (χ0v) is 11.9. The van der Waals surface area contributed by atoms with Crippen LogP contribution in [0.15, 0.2) is 30.3 Å². The van der Waals surface area contributed by atoms with Crippen LogP contribution in [0.25, 0.3) is 0 Å². The molecule has 5 nitrogen and oxygen atoms in total. The fourth-order valence-electron chi connectivity index (χ4n) is 3.04. The number of benzene rings is 1. The highest BCUT2D eigenvalue weighted by Gasteiger charge is 2.50. The summed E-state index contributed by atoms with van der Waals surface area (Å²) in [5.41, 5.74) is -0.150. The second-order valence-electron chi connectivity index (χ2n) is 5.68. The predicted octanol–water partition coefficient (Wildman–Crippen LogP) is 2.34. The van der Waals surface area contributed by atoms with Crippen LogP contribution in [0, 0.1) is 0 Å². The molecule has 0 atom stereocenters. The number of carbonyl (C=O) groups is 1. The number of hydrogen-bond acceptors (Lipinski definition) is 4. The summed E-state index contributed by atoms with van der Waals surface area (Å²) >= 11 is 0. The Morgan fingerprint density at radius 3 is 2.29 bits per heavy atom. The molecular formula is C16H20O5. The molecule has 3 rings (SSSR count). The van der Waals surface area contributed by atoms with Crippen molar-refractivity contribution in [3.05, 3.63) is 35.9 Å². The summed E-state index contributed by atoms with van der Waals surface area (Å²) in [7, 11) is 0. The van der Waals surface area contributed by atoms with Crippen LogP contribution < -0.4 is 0 Å². The van der Waals surface area contributed by atoms with Gasteiger partial charge in [-0.2, -0.15) is 0 Å². The molecule has 2 fully saturated rings. The van der Waals surface area contributed by atoms with Crippen LogP contribution in [0.5, 0.6) is 0 Å². The quantitative estimate of drug-likeness (QED) is 0.922. The minimum Gasteiger partial charge on any atom is -0.479 e. The molecule has 1 aromatic carbocycles. The average molecular weight is 292 g/mol. The van der Waals surface area contributed by atoms with Gasteiger partial charge in [0.05, 0.1) is 19.8 Å². The first-order valence-corrected chi connectivity index (χ1v) is 7.33. The van der Waals surface area contributed by atoms with Crippen molar-refractivity contribution in [2.45, 2.75) is 43.7 Å². The standard InChI is InChI=1S/C16H20O5/c17-14(18)15(21-12-13-4-2-1-3-5-13)6-8-16(9-7-15)19-10-11-20-16/h1-5H,6-12H2,(H,17,18). The van der Waals surface area contributed by atoms with Crippen molar-refractivity contribution in [3.8, 4) is 0 Å². The Morgan fingerprint density at radius 2 is 1.71 bits per heavy atom. The molecule has 0 unspecified atom stereocenters. The highest BCUT2D eigenvalue weighted by Crippen LogP contribution is 2.42. The first kappa shape index (κ1) is 14.5. The van der Waals surface area contributed by atoms with E-state index in [0.717, 1.165) is 5.56 Å². The Labute approximate surface area is 123 Å². The van der Waals surface area contributed by atoms with Gasteiger partial charge in [0.15, 0.2) is 11.4 Å². The number of rotatable bonds is 4. The lowest BCUT2D eigenvalue weighted by Crippen LogP contribution is -2.49. The molecule has 2 aliphatic rings. The number of carboxylic acid groups (broad SMARTS) is 1. The first-order valence-electron chi connectivity index (χ1n) is 7.33. The van der Waals surface area contributed by atoms with E-state index in [1.807, 2.05) is 30.3 Å². The fourth-order valence-corrected chi connectivity index (χ4v) is 3.04. The molecule has 21 heavy (non-hydrogen) atoms. The van der Waals surface area contributed by atoms with Crippen LogP contribution in [0.1, 0.15) is 31.2 Å². The van der Waals surface area contributed by atoms with Gasteiger partial charge in [-0.1, -0.05) is 30.3 Å². The summed E-state index contributed by atoms with van der Waals surface area (Å²) in [5.74, 6) is -1.47. The molecule has 1 aliphatic carbocycles. The van der Waals surface area contributed by atoms with Crippen LogP contribution in [-0.2, 0) is 25.6 Å². The second-order valence-corrected chi connectivity index (χ2v) is 5.68. The topological polar surface area (TPSA) is 65.0 Å². The highest BCUT2D eigenvalue weighted by atomic mass is 16.7. The summed E-state index contributed by atoms with van der Waals surface area (Å²) in [6.07, 6.45) is 1.95. The van der Waals surface area contributed by atoms with Crippen LogP contribution in [0.3, 0.4) is 0 Å². The Hall–Kier alpha value is -1.43. The van der Waals surface area contributed by atoms with Gasteiger partial charge in [-0.3, -0.25) is 0 Å². The van der Waals surface area contributed by atoms with Crippen LogP contribution >= 0.6 is 0 Å². The molecule has 1 saturated heterocycles. The third-order valence-electron chi connectivity index (χ3n) is 4.38. The molecule has 0 aromatic heterocycles. The van der Waals surface area contributed by atoms with E-state index in [1.165, 1.54) is 0 Å². The summed E-state index contributed by atoms with van der Waals surface area (Å²) in [6.45, 7) is 1.48. The van der Waals surface area contributed by atoms with Crippen molar-refractivity contribution >= 4 is 5.97 Å². The van der Waals surface area contributed by atoms with Crippen molar-refractivity contribution in [1.82, 2.24) is 0 Å². The van der Waals surface area contributed by atoms with E-state index in [4.69, 9.17) is 14.2 Å². The van der Waals surface area contributed by atoms with Crippen molar-refractivity contribution in [2.75, 3.05) is 13.2 Å². The van der Waals surface area contributed by atoms with Gasteiger partial charge in [0.25, 0.3) is 0 Å². The monoisotopic (exact) mass is 292 g/mol. The molecule has 1 heterocycles. The molecule has 0 amide bonds. The van der Waals surface area contributed by atoms with Crippen molar-refractivity contribution in [3.63, 3.8) is 0 Å². The highest BCUT2D eigenvalue weighted by molar-refractivity contribution is 5.77. The van der Waals surface area contributed by atoms with E-state index in [9.17, 15) is 9.90 Å². The lowest BCUT2D eigenvalue weighted by atomic mass is 9.81. The largest absolute Gasteiger partial charge is 0.479 e. The second kappa shape index (κ2) is 5.75. The van der Waals surface area contributed by atoms with Crippen molar-refractivity contribution in [2.24, 2.45) is 0 Å². The van der Waals surface area contributed by atoms with Gasteiger partial charge in [-0.25, -0.2) is 4.79 Å². The minimum absolute atomic E-state index is 0.307. The first-order chi connectivity index (χ1) is 10.1. The zero-order valence-electron chi connectivity index (χ0n) is 11.9. The van der Waals surface area contributed by atoms with E-state index in [1.54, 1.807) is 0 Å². The van der Waals surface area contributed by atoms with Gasteiger partial charge < -0.3 is 19.3 Å². The molecule has 0 radical (unpaired) electrons. The maximum absolute atomic E-state index is 11.7. The minimum atomic E-state index is -1.13. The molecule has 1 saturated carbocycles.